The lowest BCUT2D eigenvalue weighted by molar-refractivity contribution is -0.133. The van der Waals surface area contributed by atoms with E-state index in [-0.39, 0.29) is 5.91 Å². The summed E-state index contributed by atoms with van der Waals surface area (Å²) in [6.07, 6.45) is 1.97. The number of nitrogens with one attached hydrogen (secondary N) is 1. The number of aromatic nitrogens is 1. The maximum atomic E-state index is 12.2. The number of hydrogen-bond donors (Lipinski definition) is 1. The van der Waals surface area contributed by atoms with Crippen LogP contribution in [-0.2, 0) is 17.9 Å². The van der Waals surface area contributed by atoms with Crippen molar-refractivity contribution in [3.8, 4) is 0 Å². The Balaban J connectivity index is 1.92. The molecule has 0 bridgehead atoms. The summed E-state index contributed by atoms with van der Waals surface area (Å²) in [5.41, 5.74) is 1.15. The second-order valence-corrected chi connectivity index (χ2v) is 4.84. The Bertz CT molecular complexity index is 393. The third-order valence-corrected chi connectivity index (χ3v) is 3.44. The molecule has 1 aliphatic rings. The summed E-state index contributed by atoms with van der Waals surface area (Å²) in [4.78, 5) is 16.4. The van der Waals surface area contributed by atoms with Crippen LogP contribution in [0.1, 0.15) is 5.69 Å². The molecule has 1 N–H and O–H groups in total. The van der Waals surface area contributed by atoms with Crippen molar-refractivity contribution in [1.82, 2.24) is 19.7 Å². The molecule has 5 heteroatoms. The molecule has 1 aromatic rings. The molecule has 0 aromatic carbocycles. The van der Waals surface area contributed by atoms with Gasteiger partial charge in [-0.1, -0.05) is 0 Å². The molecule has 2 heterocycles. The molecular formula is C13H22N4O. The zero-order valence-corrected chi connectivity index (χ0v) is 11.2. The Labute approximate surface area is 108 Å². The highest BCUT2D eigenvalue weighted by molar-refractivity contribution is 5.76. The molecule has 0 spiro atoms. The first-order valence-corrected chi connectivity index (χ1v) is 6.45. The van der Waals surface area contributed by atoms with Crippen molar-refractivity contribution in [2.45, 2.75) is 13.1 Å². The van der Waals surface area contributed by atoms with Crippen molar-refractivity contribution < 1.29 is 4.79 Å². The van der Waals surface area contributed by atoms with E-state index in [0.717, 1.165) is 38.4 Å². The zero-order valence-electron chi connectivity index (χ0n) is 11.2. The average Bonchev–Trinajstić information content (AvgIpc) is 2.78. The number of carbonyl (C=O) groups is 1. The van der Waals surface area contributed by atoms with Gasteiger partial charge in [-0.25, -0.2) is 0 Å². The minimum absolute atomic E-state index is 0.219. The maximum Gasteiger partial charge on any atom is 0.242 e. The molecule has 1 aromatic heterocycles. The van der Waals surface area contributed by atoms with Gasteiger partial charge in [0.25, 0.3) is 0 Å². The second-order valence-electron chi connectivity index (χ2n) is 4.84. The number of piperazine rings is 1. The quantitative estimate of drug-likeness (QED) is 0.816. The second kappa shape index (κ2) is 6.02. The molecular weight excluding hydrogens is 228 g/mol. The third kappa shape index (κ3) is 3.11. The Kier molecular flexibility index (Phi) is 4.38. The van der Waals surface area contributed by atoms with Gasteiger partial charge in [-0.3, -0.25) is 4.79 Å². The Hall–Kier alpha value is -1.33. The van der Waals surface area contributed by atoms with E-state index in [1.54, 1.807) is 0 Å². The van der Waals surface area contributed by atoms with E-state index in [9.17, 15) is 4.79 Å². The predicted molar refractivity (Wildman–Crippen MR) is 71.3 cm³/mol. The Morgan fingerprint density at radius 2 is 2.06 bits per heavy atom. The number of amides is 1. The fourth-order valence-corrected chi connectivity index (χ4v) is 2.25. The number of hydrogen-bond acceptors (Lipinski definition) is 3. The van der Waals surface area contributed by atoms with Gasteiger partial charge < -0.3 is 19.7 Å². The molecule has 100 valence electrons. The topological polar surface area (TPSA) is 40.5 Å². The van der Waals surface area contributed by atoms with Crippen molar-refractivity contribution in [1.29, 1.82) is 0 Å². The van der Waals surface area contributed by atoms with Crippen molar-refractivity contribution in [3.63, 3.8) is 0 Å². The van der Waals surface area contributed by atoms with Gasteiger partial charge in [0, 0.05) is 44.6 Å². The predicted octanol–water partition coefficient (Wildman–Crippen LogP) is -0.0185. The van der Waals surface area contributed by atoms with Crippen LogP contribution in [0.4, 0.5) is 0 Å². The molecule has 0 atom stereocenters. The smallest absolute Gasteiger partial charge is 0.242 e. The first-order chi connectivity index (χ1) is 8.70. The van der Waals surface area contributed by atoms with Gasteiger partial charge >= 0.3 is 0 Å². The van der Waals surface area contributed by atoms with Gasteiger partial charge in [-0.2, -0.15) is 0 Å². The largest absolute Gasteiger partial charge is 0.341 e. The standard InChI is InChI=1S/C13H22N4O/c1-14-10-12-4-3-5-17(12)11-13(18)16-8-6-15(2)7-9-16/h3-5,14H,6-11H2,1-2H3. The lowest BCUT2D eigenvalue weighted by atomic mass is 10.3. The summed E-state index contributed by atoms with van der Waals surface area (Å²) in [6, 6.07) is 4.04. The van der Waals surface area contributed by atoms with Crippen molar-refractivity contribution in [2.75, 3.05) is 40.3 Å². The number of carbonyl (C=O) groups excluding carboxylic acids is 1. The van der Waals surface area contributed by atoms with E-state index in [4.69, 9.17) is 0 Å². The van der Waals surface area contributed by atoms with E-state index in [1.165, 1.54) is 0 Å². The zero-order chi connectivity index (χ0) is 13.0. The van der Waals surface area contributed by atoms with Gasteiger partial charge in [-0.15, -0.1) is 0 Å². The van der Waals surface area contributed by atoms with E-state index < -0.39 is 0 Å². The molecule has 5 nitrogen and oxygen atoms in total. The molecule has 1 amide bonds. The van der Waals surface area contributed by atoms with Crippen LogP contribution in [0.3, 0.4) is 0 Å². The lowest BCUT2D eigenvalue weighted by Gasteiger charge is -2.32. The lowest BCUT2D eigenvalue weighted by Crippen LogP contribution is -2.48. The van der Waals surface area contributed by atoms with Crippen molar-refractivity contribution in [3.05, 3.63) is 24.0 Å². The normalized spacial score (nSPS) is 17.1. The average molecular weight is 250 g/mol. The minimum atomic E-state index is 0.219. The molecule has 0 radical (unpaired) electrons. The van der Waals surface area contributed by atoms with Crippen LogP contribution in [0.25, 0.3) is 0 Å². The maximum absolute atomic E-state index is 12.2. The van der Waals surface area contributed by atoms with E-state index in [2.05, 4.69) is 17.3 Å². The van der Waals surface area contributed by atoms with Gasteiger partial charge in [0.1, 0.15) is 6.54 Å². The molecule has 0 aliphatic carbocycles. The van der Waals surface area contributed by atoms with Crippen LogP contribution in [0, 0.1) is 0 Å². The first-order valence-electron chi connectivity index (χ1n) is 6.45. The molecule has 0 saturated carbocycles. The summed E-state index contributed by atoms with van der Waals surface area (Å²) in [5.74, 6) is 0.219. The van der Waals surface area contributed by atoms with E-state index in [1.807, 2.05) is 34.8 Å². The molecule has 2 rings (SSSR count). The fourth-order valence-electron chi connectivity index (χ4n) is 2.25. The highest BCUT2D eigenvalue weighted by atomic mass is 16.2. The highest BCUT2D eigenvalue weighted by Gasteiger charge is 2.19. The van der Waals surface area contributed by atoms with E-state index in [0.29, 0.717) is 6.54 Å². The monoisotopic (exact) mass is 250 g/mol. The van der Waals surface area contributed by atoms with E-state index >= 15 is 0 Å². The minimum Gasteiger partial charge on any atom is -0.341 e. The van der Waals surface area contributed by atoms with Crippen LogP contribution in [0.5, 0.6) is 0 Å². The molecule has 1 saturated heterocycles. The summed E-state index contributed by atoms with van der Waals surface area (Å²) in [5, 5.41) is 3.12. The van der Waals surface area contributed by atoms with Gasteiger partial charge in [-0.05, 0) is 26.2 Å². The molecule has 0 unspecified atom stereocenters. The van der Waals surface area contributed by atoms with Crippen molar-refractivity contribution in [2.24, 2.45) is 0 Å². The van der Waals surface area contributed by atoms with Gasteiger partial charge in [0.05, 0.1) is 0 Å². The van der Waals surface area contributed by atoms with Crippen LogP contribution in [-0.4, -0.2) is 60.5 Å². The summed E-state index contributed by atoms with van der Waals surface area (Å²) < 4.78 is 2.02. The SMILES string of the molecule is CNCc1cccn1CC(=O)N1CCN(C)CC1. The highest BCUT2D eigenvalue weighted by Crippen LogP contribution is 2.05. The summed E-state index contributed by atoms with van der Waals surface area (Å²) >= 11 is 0. The number of likely N-dealkylation sites (N-methyl/N-ethyl adjacent to an activating group) is 1. The first kappa shape index (κ1) is 13.1. The molecule has 1 aliphatic heterocycles. The summed E-state index contributed by atoms with van der Waals surface area (Å²) in [7, 11) is 4.01. The number of rotatable bonds is 4. The molecule has 1 fully saturated rings. The summed E-state index contributed by atoms with van der Waals surface area (Å²) in [6.45, 7) is 4.88. The fraction of sp³-hybridized carbons (Fsp3) is 0.615. The van der Waals surface area contributed by atoms with Crippen LogP contribution in [0.15, 0.2) is 18.3 Å². The Morgan fingerprint density at radius 3 is 2.72 bits per heavy atom. The number of nitrogens with zero attached hydrogens (tertiary/aromatic N) is 3. The van der Waals surface area contributed by atoms with Crippen molar-refractivity contribution >= 4 is 5.91 Å². The van der Waals surface area contributed by atoms with Gasteiger partial charge in [0.2, 0.25) is 5.91 Å². The Morgan fingerprint density at radius 1 is 1.33 bits per heavy atom. The molecule has 18 heavy (non-hydrogen) atoms. The third-order valence-electron chi connectivity index (χ3n) is 3.44. The van der Waals surface area contributed by atoms with Crippen LogP contribution < -0.4 is 5.32 Å². The van der Waals surface area contributed by atoms with Crippen LogP contribution >= 0.6 is 0 Å². The van der Waals surface area contributed by atoms with Gasteiger partial charge in [0.15, 0.2) is 0 Å². The van der Waals surface area contributed by atoms with Crippen LogP contribution in [0.2, 0.25) is 0 Å².